The van der Waals surface area contributed by atoms with Gasteiger partial charge in [0, 0.05) is 5.57 Å². The summed E-state index contributed by atoms with van der Waals surface area (Å²) in [5, 5.41) is 8.57. The Morgan fingerprint density at radius 1 is 1.67 bits per heavy atom. The topological polar surface area (TPSA) is 37.3 Å². The SMILES string of the molecule is C=C(F)/C=C(\CCCC)C(=O)O. The summed E-state index contributed by atoms with van der Waals surface area (Å²) in [4.78, 5) is 10.5. The molecule has 0 saturated carbocycles. The van der Waals surface area contributed by atoms with Gasteiger partial charge in [0.2, 0.25) is 0 Å². The van der Waals surface area contributed by atoms with E-state index in [-0.39, 0.29) is 5.57 Å². The number of halogens is 1. The summed E-state index contributed by atoms with van der Waals surface area (Å²) in [6, 6.07) is 0. The highest BCUT2D eigenvalue weighted by molar-refractivity contribution is 5.86. The van der Waals surface area contributed by atoms with E-state index in [2.05, 4.69) is 6.58 Å². The van der Waals surface area contributed by atoms with Crippen LogP contribution in [0.25, 0.3) is 0 Å². The molecule has 0 aromatic carbocycles. The fourth-order valence-corrected chi connectivity index (χ4v) is 0.797. The van der Waals surface area contributed by atoms with Crippen LogP contribution >= 0.6 is 0 Å². The lowest BCUT2D eigenvalue weighted by Crippen LogP contribution is -2.00. The van der Waals surface area contributed by atoms with Crippen LogP contribution in [0.5, 0.6) is 0 Å². The highest BCUT2D eigenvalue weighted by Gasteiger charge is 2.06. The number of rotatable bonds is 5. The molecule has 0 aromatic rings. The summed E-state index contributed by atoms with van der Waals surface area (Å²) < 4.78 is 12.2. The lowest BCUT2D eigenvalue weighted by Gasteiger charge is -1.98. The Labute approximate surface area is 71.4 Å². The first kappa shape index (κ1) is 10.9. The summed E-state index contributed by atoms with van der Waals surface area (Å²) in [6.07, 6.45) is 3.02. The zero-order valence-electron chi connectivity index (χ0n) is 7.14. The molecule has 0 fully saturated rings. The van der Waals surface area contributed by atoms with E-state index in [1.54, 1.807) is 0 Å². The van der Waals surface area contributed by atoms with Crippen molar-refractivity contribution < 1.29 is 14.3 Å². The molecule has 0 saturated heterocycles. The average molecular weight is 172 g/mol. The number of hydrogen-bond acceptors (Lipinski definition) is 1. The van der Waals surface area contributed by atoms with E-state index < -0.39 is 11.8 Å². The standard InChI is InChI=1S/C9H13FO2/c1-3-4-5-8(9(11)12)6-7(2)10/h6H,2-5H2,1H3,(H,11,12)/b8-6+. The van der Waals surface area contributed by atoms with Crippen molar-refractivity contribution in [3.63, 3.8) is 0 Å². The molecule has 0 bridgehead atoms. The van der Waals surface area contributed by atoms with Crippen molar-refractivity contribution in [1.82, 2.24) is 0 Å². The minimum absolute atomic E-state index is 0.0874. The number of unbranched alkanes of at least 4 members (excludes halogenated alkanes) is 1. The zero-order valence-corrected chi connectivity index (χ0v) is 7.14. The molecule has 0 heterocycles. The molecule has 68 valence electrons. The third-order valence-electron chi connectivity index (χ3n) is 1.41. The number of carbonyl (C=O) groups is 1. The van der Waals surface area contributed by atoms with Gasteiger partial charge in [-0.05, 0) is 18.9 Å². The van der Waals surface area contributed by atoms with Crippen molar-refractivity contribution in [2.24, 2.45) is 0 Å². The van der Waals surface area contributed by atoms with E-state index in [0.717, 1.165) is 18.9 Å². The molecule has 0 aliphatic carbocycles. The molecule has 0 aliphatic rings. The van der Waals surface area contributed by atoms with Crippen LogP contribution in [0.4, 0.5) is 4.39 Å². The third-order valence-corrected chi connectivity index (χ3v) is 1.41. The van der Waals surface area contributed by atoms with Crippen LogP contribution in [-0.4, -0.2) is 11.1 Å². The van der Waals surface area contributed by atoms with Gasteiger partial charge in [0.1, 0.15) is 5.83 Å². The van der Waals surface area contributed by atoms with Gasteiger partial charge in [-0.1, -0.05) is 19.9 Å². The van der Waals surface area contributed by atoms with E-state index in [0.29, 0.717) is 6.42 Å². The molecular formula is C9H13FO2. The van der Waals surface area contributed by atoms with Crippen LogP contribution < -0.4 is 0 Å². The summed E-state index contributed by atoms with van der Waals surface area (Å²) in [5.41, 5.74) is 0.0874. The summed E-state index contributed by atoms with van der Waals surface area (Å²) in [5.74, 6) is -1.77. The maximum atomic E-state index is 12.2. The first-order valence-corrected chi connectivity index (χ1v) is 3.86. The van der Waals surface area contributed by atoms with Crippen LogP contribution in [0.1, 0.15) is 26.2 Å². The van der Waals surface area contributed by atoms with Crippen LogP contribution in [0.3, 0.4) is 0 Å². The maximum Gasteiger partial charge on any atom is 0.331 e. The molecule has 12 heavy (non-hydrogen) atoms. The third kappa shape index (κ3) is 4.66. The second-order valence-electron chi connectivity index (χ2n) is 2.53. The van der Waals surface area contributed by atoms with Gasteiger partial charge in [0.25, 0.3) is 0 Å². The summed E-state index contributed by atoms with van der Waals surface area (Å²) >= 11 is 0. The smallest absolute Gasteiger partial charge is 0.331 e. The molecule has 0 aromatic heterocycles. The molecule has 0 radical (unpaired) electrons. The van der Waals surface area contributed by atoms with Crippen LogP contribution in [0.15, 0.2) is 24.1 Å². The van der Waals surface area contributed by atoms with Crippen molar-refractivity contribution in [2.45, 2.75) is 26.2 Å². The lowest BCUT2D eigenvalue weighted by molar-refractivity contribution is -0.132. The molecule has 3 heteroatoms. The average Bonchev–Trinajstić information content (AvgIpc) is 1.96. The second kappa shape index (κ2) is 5.52. The fourth-order valence-electron chi connectivity index (χ4n) is 0.797. The van der Waals surface area contributed by atoms with Crippen molar-refractivity contribution in [3.8, 4) is 0 Å². The van der Waals surface area contributed by atoms with Crippen molar-refractivity contribution in [1.29, 1.82) is 0 Å². The van der Waals surface area contributed by atoms with Gasteiger partial charge in [0.15, 0.2) is 0 Å². The molecule has 0 rings (SSSR count). The van der Waals surface area contributed by atoms with Crippen molar-refractivity contribution in [2.75, 3.05) is 0 Å². The van der Waals surface area contributed by atoms with Gasteiger partial charge < -0.3 is 5.11 Å². The largest absolute Gasteiger partial charge is 0.478 e. The summed E-state index contributed by atoms with van der Waals surface area (Å²) in [7, 11) is 0. The Morgan fingerprint density at radius 3 is 2.58 bits per heavy atom. The van der Waals surface area contributed by atoms with Crippen molar-refractivity contribution >= 4 is 5.97 Å². The van der Waals surface area contributed by atoms with Gasteiger partial charge >= 0.3 is 5.97 Å². The van der Waals surface area contributed by atoms with Gasteiger partial charge in [-0.2, -0.15) is 0 Å². The Kier molecular flexibility index (Phi) is 5.00. The number of allylic oxidation sites excluding steroid dienone is 2. The number of carboxylic acid groups (broad SMARTS) is 1. The van der Waals surface area contributed by atoms with E-state index in [4.69, 9.17) is 5.11 Å². The molecule has 0 aliphatic heterocycles. The first-order chi connectivity index (χ1) is 5.57. The van der Waals surface area contributed by atoms with Crippen molar-refractivity contribution in [3.05, 3.63) is 24.1 Å². The maximum absolute atomic E-state index is 12.2. The Bertz CT molecular complexity index is 207. The molecule has 0 amide bonds. The fraction of sp³-hybridized carbons (Fsp3) is 0.444. The monoisotopic (exact) mass is 172 g/mol. The number of carboxylic acids is 1. The van der Waals surface area contributed by atoms with Gasteiger partial charge in [-0.15, -0.1) is 0 Å². The van der Waals surface area contributed by atoms with Gasteiger partial charge in [-0.25, -0.2) is 9.18 Å². The van der Waals surface area contributed by atoms with E-state index in [1.807, 2.05) is 6.92 Å². The predicted molar refractivity (Wildman–Crippen MR) is 45.5 cm³/mol. The van der Waals surface area contributed by atoms with Crippen LogP contribution in [0, 0.1) is 0 Å². The van der Waals surface area contributed by atoms with Crippen LogP contribution in [-0.2, 0) is 4.79 Å². The highest BCUT2D eigenvalue weighted by atomic mass is 19.1. The zero-order chi connectivity index (χ0) is 9.56. The molecule has 1 N–H and O–H groups in total. The van der Waals surface area contributed by atoms with Crippen LogP contribution in [0.2, 0.25) is 0 Å². The highest BCUT2D eigenvalue weighted by Crippen LogP contribution is 2.10. The molecular weight excluding hydrogens is 159 g/mol. The lowest BCUT2D eigenvalue weighted by atomic mass is 10.1. The normalized spacial score (nSPS) is 11.3. The Hall–Kier alpha value is -1.12. The van der Waals surface area contributed by atoms with E-state index >= 15 is 0 Å². The summed E-state index contributed by atoms with van der Waals surface area (Å²) in [6.45, 7) is 4.93. The van der Waals surface area contributed by atoms with Gasteiger partial charge in [0.05, 0.1) is 0 Å². The molecule has 0 spiro atoms. The molecule has 0 unspecified atom stereocenters. The Balaban J connectivity index is 4.23. The minimum Gasteiger partial charge on any atom is -0.478 e. The second-order valence-corrected chi connectivity index (χ2v) is 2.53. The van der Waals surface area contributed by atoms with E-state index in [1.165, 1.54) is 0 Å². The Morgan fingerprint density at radius 2 is 2.25 bits per heavy atom. The quantitative estimate of drug-likeness (QED) is 0.511. The van der Waals surface area contributed by atoms with Gasteiger partial charge in [-0.3, -0.25) is 0 Å². The number of aliphatic carboxylic acids is 1. The minimum atomic E-state index is -1.07. The van der Waals surface area contributed by atoms with E-state index in [9.17, 15) is 9.18 Å². The number of hydrogen-bond donors (Lipinski definition) is 1. The predicted octanol–water partition coefficient (Wildman–Crippen LogP) is 2.67. The molecule has 2 nitrogen and oxygen atoms in total. The molecule has 0 atom stereocenters. The first-order valence-electron chi connectivity index (χ1n) is 3.86.